The van der Waals surface area contributed by atoms with Crippen LogP contribution in [0, 0.1) is 0 Å². The van der Waals surface area contributed by atoms with Gasteiger partial charge in [-0.25, -0.2) is 0 Å². The molecule has 0 radical (unpaired) electrons. The molecule has 5 nitrogen and oxygen atoms in total. The van der Waals surface area contributed by atoms with Crippen molar-refractivity contribution < 1.29 is 19.3 Å². The molecule has 1 aromatic rings. The summed E-state index contributed by atoms with van der Waals surface area (Å²) in [5.74, 6) is 0.691. The van der Waals surface area contributed by atoms with Crippen molar-refractivity contribution in [1.29, 1.82) is 0 Å². The average molecular weight is 316 g/mol. The van der Waals surface area contributed by atoms with E-state index in [9.17, 15) is 5.11 Å². The number of hydrogen-bond acceptors (Lipinski definition) is 5. The summed E-state index contributed by atoms with van der Waals surface area (Å²) in [6.45, 7) is 2.64. The molecule has 0 amide bonds. The van der Waals surface area contributed by atoms with E-state index in [4.69, 9.17) is 25.8 Å². The summed E-state index contributed by atoms with van der Waals surface area (Å²) in [6.07, 6.45) is 0.283. The Balaban J connectivity index is 1.65. The molecule has 1 aliphatic rings. The number of nitrogens with one attached hydrogen (secondary N) is 1. The second kappa shape index (κ2) is 7.96. The normalized spacial score (nSPS) is 23.2. The zero-order valence-electron chi connectivity index (χ0n) is 12.2. The number of aliphatic hydroxyl groups excluding tert-OH is 1. The van der Waals surface area contributed by atoms with Gasteiger partial charge in [-0.1, -0.05) is 11.6 Å². The van der Waals surface area contributed by atoms with Crippen molar-refractivity contribution >= 4 is 11.6 Å². The van der Waals surface area contributed by atoms with Crippen LogP contribution in [0.25, 0.3) is 0 Å². The van der Waals surface area contributed by atoms with Gasteiger partial charge in [0, 0.05) is 38.2 Å². The van der Waals surface area contributed by atoms with E-state index in [2.05, 4.69) is 5.32 Å². The van der Waals surface area contributed by atoms with Gasteiger partial charge in [0.25, 0.3) is 0 Å². The zero-order valence-corrected chi connectivity index (χ0v) is 12.9. The Bertz CT molecular complexity index is 420. The van der Waals surface area contributed by atoms with Gasteiger partial charge < -0.3 is 24.6 Å². The second-order valence-electron chi connectivity index (χ2n) is 5.24. The van der Waals surface area contributed by atoms with Crippen molar-refractivity contribution in [2.45, 2.75) is 18.1 Å². The molecule has 118 valence electrons. The van der Waals surface area contributed by atoms with Crippen LogP contribution in [0.3, 0.4) is 0 Å². The molecular weight excluding hydrogens is 294 g/mol. The van der Waals surface area contributed by atoms with Gasteiger partial charge in [-0.2, -0.15) is 0 Å². The molecule has 2 unspecified atom stereocenters. The Morgan fingerprint density at radius 2 is 2.19 bits per heavy atom. The predicted molar refractivity (Wildman–Crippen MR) is 81.0 cm³/mol. The van der Waals surface area contributed by atoms with E-state index in [1.54, 1.807) is 31.4 Å². The van der Waals surface area contributed by atoms with Crippen molar-refractivity contribution in [1.82, 2.24) is 5.32 Å². The van der Waals surface area contributed by atoms with E-state index >= 15 is 0 Å². The van der Waals surface area contributed by atoms with Crippen LogP contribution in [0.5, 0.6) is 5.75 Å². The van der Waals surface area contributed by atoms with Crippen LogP contribution in [0.15, 0.2) is 24.3 Å². The molecule has 0 saturated carbocycles. The minimum Gasteiger partial charge on any atom is -0.491 e. The summed E-state index contributed by atoms with van der Waals surface area (Å²) < 4.78 is 16.4. The first-order valence-electron chi connectivity index (χ1n) is 7.04. The Morgan fingerprint density at radius 3 is 2.81 bits per heavy atom. The lowest BCUT2D eigenvalue weighted by atomic mass is 10.0. The van der Waals surface area contributed by atoms with Crippen LogP contribution in [0.4, 0.5) is 0 Å². The van der Waals surface area contributed by atoms with Crippen LogP contribution >= 0.6 is 11.6 Å². The summed E-state index contributed by atoms with van der Waals surface area (Å²) in [6, 6.07) is 7.06. The first-order valence-corrected chi connectivity index (χ1v) is 7.41. The SMILES string of the molecule is COC1(CNCC(O)COc2ccc(Cl)cc2)CCOC1. The topological polar surface area (TPSA) is 60.0 Å². The number of aliphatic hydroxyl groups is 1. The number of ether oxygens (including phenoxy) is 3. The van der Waals surface area contributed by atoms with Gasteiger partial charge in [-0.15, -0.1) is 0 Å². The Labute approximate surface area is 130 Å². The van der Waals surface area contributed by atoms with E-state index in [1.165, 1.54) is 0 Å². The molecule has 2 atom stereocenters. The molecule has 1 aromatic carbocycles. The maximum Gasteiger partial charge on any atom is 0.119 e. The van der Waals surface area contributed by atoms with Gasteiger partial charge >= 0.3 is 0 Å². The molecule has 1 heterocycles. The Morgan fingerprint density at radius 1 is 1.43 bits per heavy atom. The Kier molecular flexibility index (Phi) is 6.26. The van der Waals surface area contributed by atoms with Crippen LogP contribution in [0.2, 0.25) is 5.02 Å². The molecule has 2 N–H and O–H groups in total. The maximum atomic E-state index is 9.91. The van der Waals surface area contributed by atoms with Crippen molar-refractivity contribution in [2.75, 3.05) is 40.0 Å². The highest BCUT2D eigenvalue weighted by molar-refractivity contribution is 6.30. The van der Waals surface area contributed by atoms with Crippen LogP contribution in [-0.4, -0.2) is 56.8 Å². The smallest absolute Gasteiger partial charge is 0.119 e. The molecule has 1 saturated heterocycles. The number of halogens is 1. The first kappa shape index (κ1) is 16.5. The zero-order chi connectivity index (χ0) is 15.1. The lowest BCUT2D eigenvalue weighted by molar-refractivity contribution is -0.0180. The van der Waals surface area contributed by atoms with Crippen LogP contribution < -0.4 is 10.1 Å². The summed E-state index contributed by atoms with van der Waals surface area (Å²) in [4.78, 5) is 0. The molecule has 6 heteroatoms. The minimum atomic E-state index is -0.586. The third-order valence-corrected chi connectivity index (χ3v) is 3.84. The van der Waals surface area contributed by atoms with Crippen molar-refractivity contribution in [3.8, 4) is 5.75 Å². The van der Waals surface area contributed by atoms with Crippen LogP contribution in [0.1, 0.15) is 6.42 Å². The summed E-state index contributed by atoms with van der Waals surface area (Å²) in [7, 11) is 1.69. The second-order valence-corrected chi connectivity index (χ2v) is 5.68. The van der Waals surface area contributed by atoms with Crippen molar-refractivity contribution in [3.63, 3.8) is 0 Å². The van der Waals surface area contributed by atoms with E-state index in [0.29, 0.717) is 30.5 Å². The molecule has 1 aliphatic heterocycles. The summed E-state index contributed by atoms with van der Waals surface area (Å²) in [5, 5.41) is 13.8. The molecule has 0 spiro atoms. The van der Waals surface area contributed by atoms with Crippen molar-refractivity contribution in [3.05, 3.63) is 29.3 Å². The molecular formula is C15H22ClNO4. The standard InChI is InChI=1S/C15H22ClNO4/c1-19-15(6-7-20-11-15)10-17-8-13(18)9-21-14-4-2-12(16)3-5-14/h2-5,13,17-18H,6-11H2,1H3. The van der Waals surface area contributed by atoms with Crippen molar-refractivity contribution in [2.24, 2.45) is 0 Å². The van der Waals surface area contributed by atoms with E-state index in [-0.39, 0.29) is 12.2 Å². The fraction of sp³-hybridized carbons (Fsp3) is 0.600. The van der Waals surface area contributed by atoms with E-state index in [0.717, 1.165) is 13.0 Å². The largest absolute Gasteiger partial charge is 0.491 e. The van der Waals surface area contributed by atoms with Gasteiger partial charge in [0.05, 0.1) is 6.61 Å². The highest BCUT2D eigenvalue weighted by atomic mass is 35.5. The van der Waals surface area contributed by atoms with Gasteiger partial charge in [0.2, 0.25) is 0 Å². The summed E-state index contributed by atoms with van der Waals surface area (Å²) >= 11 is 5.79. The monoisotopic (exact) mass is 315 g/mol. The summed E-state index contributed by atoms with van der Waals surface area (Å²) in [5.41, 5.74) is -0.267. The maximum absolute atomic E-state index is 9.91. The number of rotatable bonds is 8. The molecule has 2 rings (SSSR count). The molecule has 1 fully saturated rings. The van der Waals surface area contributed by atoms with Gasteiger partial charge in [-0.05, 0) is 24.3 Å². The van der Waals surface area contributed by atoms with E-state index < -0.39 is 6.10 Å². The fourth-order valence-corrected chi connectivity index (χ4v) is 2.34. The number of methoxy groups -OCH3 is 1. The molecule has 0 bridgehead atoms. The number of benzene rings is 1. The van der Waals surface area contributed by atoms with Gasteiger partial charge in [-0.3, -0.25) is 0 Å². The first-order chi connectivity index (χ1) is 10.1. The fourth-order valence-electron chi connectivity index (χ4n) is 2.21. The van der Waals surface area contributed by atoms with Gasteiger partial charge in [0.1, 0.15) is 24.1 Å². The number of hydrogen-bond donors (Lipinski definition) is 2. The third-order valence-electron chi connectivity index (χ3n) is 3.58. The Hall–Kier alpha value is -0.850. The highest BCUT2D eigenvalue weighted by Crippen LogP contribution is 2.21. The third kappa shape index (κ3) is 5.13. The molecule has 0 aliphatic carbocycles. The lowest BCUT2D eigenvalue weighted by Crippen LogP contribution is -2.45. The molecule has 0 aromatic heterocycles. The molecule has 21 heavy (non-hydrogen) atoms. The highest BCUT2D eigenvalue weighted by Gasteiger charge is 2.34. The average Bonchev–Trinajstić information content (AvgIpc) is 2.96. The minimum absolute atomic E-state index is 0.227. The van der Waals surface area contributed by atoms with Crippen LogP contribution in [-0.2, 0) is 9.47 Å². The quantitative estimate of drug-likeness (QED) is 0.761. The van der Waals surface area contributed by atoms with Gasteiger partial charge in [0.15, 0.2) is 0 Å². The lowest BCUT2D eigenvalue weighted by Gasteiger charge is -2.26. The van der Waals surface area contributed by atoms with E-state index in [1.807, 2.05) is 0 Å². The predicted octanol–water partition coefficient (Wildman–Crippen LogP) is 1.47.